The number of amides is 2. The second-order valence-electron chi connectivity index (χ2n) is 7.08. The number of hydrogen-bond donors (Lipinski definition) is 3. The summed E-state index contributed by atoms with van der Waals surface area (Å²) >= 11 is 0. The molecule has 2 rings (SSSR count). The molecule has 2 unspecified atom stereocenters. The fraction of sp³-hybridized carbons (Fsp3) is 0.632. The average molecular weight is 333 g/mol. The quantitative estimate of drug-likeness (QED) is 0.716. The van der Waals surface area contributed by atoms with E-state index in [9.17, 15) is 9.90 Å². The Labute approximate surface area is 145 Å². The molecule has 0 bridgehead atoms. The van der Waals surface area contributed by atoms with Gasteiger partial charge < -0.3 is 15.7 Å². The van der Waals surface area contributed by atoms with Gasteiger partial charge in [0, 0.05) is 32.2 Å². The van der Waals surface area contributed by atoms with Crippen LogP contribution in [0.25, 0.3) is 0 Å². The largest absolute Gasteiger partial charge is 0.393 e. The summed E-state index contributed by atoms with van der Waals surface area (Å²) in [4.78, 5) is 14.3. The van der Waals surface area contributed by atoms with E-state index in [2.05, 4.69) is 46.7 Å². The van der Waals surface area contributed by atoms with Crippen LogP contribution in [0.5, 0.6) is 0 Å². The number of aliphatic hydroxyl groups excluding tert-OH is 1. The molecule has 5 nitrogen and oxygen atoms in total. The van der Waals surface area contributed by atoms with E-state index in [0.29, 0.717) is 25.6 Å². The van der Waals surface area contributed by atoms with Crippen LogP contribution in [0.15, 0.2) is 24.3 Å². The third-order valence-electron chi connectivity index (χ3n) is 4.84. The molecule has 24 heavy (non-hydrogen) atoms. The van der Waals surface area contributed by atoms with Crippen molar-refractivity contribution in [2.24, 2.45) is 5.92 Å². The number of rotatable bonds is 7. The summed E-state index contributed by atoms with van der Waals surface area (Å²) < 4.78 is 0. The van der Waals surface area contributed by atoms with Gasteiger partial charge in [0.1, 0.15) is 0 Å². The number of carbonyl (C=O) groups excluding carboxylic acids is 1. The number of urea groups is 1. The molecule has 1 aromatic carbocycles. The number of nitrogens with zero attached hydrogens (tertiary/aromatic N) is 1. The summed E-state index contributed by atoms with van der Waals surface area (Å²) in [5.41, 5.74) is 2.83. The maximum absolute atomic E-state index is 11.9. The summed E-state index contributed by atoms with van der Waals surface area (Å²) in [6.45, 7) is 9.20. The molecule has 1 aromatic rings. The lowest BCUT2D eigenvalue weighted by Crippen LogP contribution is -2.47. The number of nitrogens with one attached hydrogen (secondary N) is 2. The van der Waals surface area contributed by atoms with Crippen molar-refractivity contribution in [1.29, 1.82) is 0 Å². The SMILES string of the molecule is CC(C)C(O)CCNC(=O)NCC(C)N1CCc2ccccc2C1. The molecule has 1 heterocycles. The van der Waals surface area contributed by atoms with Gasteiger partial charge in [-0.25, -0.2) is 4.79 Å². The van der Waals surface area contributed by atoms with Crippen LogP contribution in [-0.4, -0.2) is 47.8 Å². The molecule has 134 valence electrons. The van der Waals surface area contributed by atoms with Crippen molar-refractivity contribution >= 4 is 6.03 Å². The van der Waals surface area contributed by atoms with Crippen LogP contribution in [0.1, 0.15) is 38.3 Å². The summed E-state index contributed by atoms with van der Waals surface area (Å²) in [5.74, 6) is 0.219. The fourth-order valence-electron chi connectivity index (χ4n) is 2.99. The van der Waals surface area contributed by atoms with Gasteiger partial charge in [-0.3, -0.25) is 4.90 Å². The highest BCUT2D eigenvalue weighted by molar-refractivity contribution is 5.73. The van der Waals surface area contributed by atoms with Crippen molar-refractivity contribution < 1.29 is 9.90 Å². The molecule has 1 aliphatic heterocycles. The number of fused-ring (bicyclic) bond motifs is 1. The van der Waals surface area contributed by atoms with Crippen LogP contribution in [-0.2, 0) is 13.0 Å². The minimum atomic E-state index is -0.363. The molecule has 0 fully saturated rings. The first-order valence-electron chi connectivity index (χ1n) is 8.98. The molecule has 2 amide bonds. The van der Waals surface area contributed by atoms with Crippen LogP contribution in [0.4, 0.5) is 4.79 Å². The lowest BCUT2D eigenvalue weighted by atomic mass is 9.99. The van der Waals surface area contributed by atoms with Gasteiger partial charge in [0.05, 0.1) is 6.10 Å². The second kappa shape index (κ2) is 9.04. The summed E-state index contributed by atoms with van der Waals surface area (Å²) in [6.07, 6.45) is 1.29. The maximum Gasteiger partial charge on any atom is 0.314 e. The first-order chi connectivity index (χ1) is 11.5. The molecule has 0 aliphatic carbocycles. The van der Waals surface area contributed by atoms with E-state index in [1.807, 2.05) is 13.8 Å². The minimum Gasteiger partial charge on any atom is -0.393 e. The molecular formula is C19H31N3O2. The first kappa shape index (κ1) is 18.7. The van der Waals surface area contributed by atoms with E-state index >= 15 is 0 Å². The topological polar surface area (TPSA) is 64.6 Å². The highest BCUT2D eigenvalue weighted by Crippen LogP contribution is 2.19. The number of hydrogen-bond acceptors (Lipinski definition) is 3. The van der Waals surface area contributed by atoms with Crippen LogP contribution in [0.3, 0.4) is 0 Å². The number of benzene rings is 1. The molecule has 1 aliphatic rings. The zero-order valence-electron chi connectivity index (χ0n) is 15.1. The lowest BCUT2D eigenvalue weighted by molar-refractivity contribution is 0.116. The second-order valence-corrected chi connectivity index (χ2v) is 7.08. The number of carbonyl (C=O) groups is 1. The van der Waals surface area contributed by atoms with Gasteiger partial charge in [-0.05, 0) is 36.8 Å². The Kier molecular flexibility index (Phi) is 7.06. The third-order valence-corrected chi connectivity index (χ3v) is 4.84. The summed E-state index contributed by atoms with van der Waals surface area (Å²) in [6, 6.07) is 8.72. The predicted molar refractivity (Wildman–Crippen MR) is 96.9 cm³/mol. The van der Waals surface area contributed by atoms with Crippen molar-refractivity contribution in [2.75, 3.05) is 19.6 Å². The van der Waals surface area contributed by atoms with E-state index in [1.54, 1.807) is 0 Å². The van der Waals surface area contributed by atoms with Gasteiger partial charge in [-0.1, -0.05) is 38.1 Å². The van der Waals surface area contributed by atoms with Crippen LogP contribution < -0.4 is 10.6 Å². The lowest BCUT2D eigenvalue weighted by Gasteiger charge is -2.33. The summed E-state index contributed by atoms with van der Waals surface area (Å²) in [5, 5.41) is 15.5. The normalized spacial score (nSPS) is 17.2. The van der Waals surface area contributed by atoms with Crippen molar-refractivity contribution in [3.05, 3.63) is 35.4 Å². The van der Waals surface area contributed by atoms with E-state index < -0.39 is 0 Å². The fourth-order valence-corrected chi connectivity index (χ4v) is 2.99. The molecular weight excluding hydrogens is 302 g/mol. The van der Waals surface area contributed by atoms with Crippen LogP contribution in [0.2, 0.25) is 0 Å². The zero-order chi connectivity index (χ0) is 17.5. The van der Waals surface area contributed by atoms with Gasteiger partial charge >= 0.3 is 6.03 Å². The van der Waals surface area contributed by atoms with E-state index in [-0.39, 0.29) is 18.1 Å². The Morgan fingerprint density at radius 1 is 1.21 bits per heavy atom. The van der Waals surface area contributed by atoms with Gasteiger partial charge in [0.2, 0.25) is 0 Å². The van der Waals surface area contributed by atoms with E-state index in [1.165, 1.54) is 11.1 Å². The highest BCUT2D eigenvalue weighted by atomic mass is 16.3. The molecule has 2 atom stereocenters. The Morgan fingerprint density at radius 2 is 1.92 bits per heavy atom. The minimum absolute atomic E-state index is 0.157. The standard InChI is InChI=1S/C19H31N3O2/c1-14(2)18(23)8-10-20-19(24)21-12-15(3)22-11-9-16-6-4-5-7-17(16)13-22/h4-7,14-15,18,23H,8-13H2,1-3H3,(H2,20,21,24). The van der Waals surface area contributed by atoms with Crippen molar-refractivity contribution in [1.82, 2.24) is 15.5 Å². The van der Waals surface area contributed by atoms with Crippen molar-refractivity contribution in [3.8, 4) is 0 Å². The average Bonchev–Trinajstić information content (AvgIpc) is 2.59. The molecule has 0 saturated carbocycles. The van der Waals surface area contributed by atoms with Gasteiger partial charge in [-0.15, -0.1) is 0 Å². The van der Waals surface area contributed by atoms with Gasteiger partial charge in [0.25, 0.3) is 0 Å². The number of aliphatic hydroxyl groups is 1. The third kappa shape index (κ3) is 5.49. The first-order valence-corrected chi connectivity index (χ1v) is 8.98. The molecule has 0 radical (unpaired) electrons. The smallest absolute Gasteiger partial charge is 0.314 e. The van der Waals surface area contributed by atoms with Crippen LogP contribution in [0, 0.1) is 5.92 Å². The molecule has 0 saturated heterocycles. The monoisotopic (exact) mass is 333 g/mol. The van der Waals surface area contributed by atoms with Gasteiger partial charge in [-0.2, -0.15) is 0 Å². The zero-order valence-corrected chi connectivity index (χ0v) is 15.1. The Hall–Kier alpha value is -1.59. The Morgan fingerprint density at radius 3 is 2.62 bits per heavy atom. The van der Waals surface area contributed by atoms with E-state index in [4.69, 9.17) is 0 Å². The summed E-state index contributed by atoms with van der Waals surface area (Å²) in [7, 11) is 0. The molecule has 5 heteroatoms. The van der Waals surface area contributed by atoms with Gasteiger partial charge in [0.15, 0.2) is 0 Å². The Balaban J connectivity index is 1.68. The molecule has 3 N–H and O–H groups in total. The Bertz CT molecular complexity index is 533. The van der Waals surface area contributed by atoms with E-state index in [0.717, 1.165) is 19.5 Å². The molecule has 0 spiro atoms. The maximum atomic E-state index is 11.9. The predicted octanol–water partition coefficient (Wildman–Crippen LogP) is 2.14. The molecule has 0 aromatic heterocycles. The van der Waals surface area contributed by atoms with Crippen molar-refractivity contribution in [3.63, 3.8) is 0 Å². The van der Waals surface area contributed by atoms with Crippen LogP contribution >= 0.6 is 0 Å². The van der Waals surface area contributed by atoms with Crippen molar-refractivity contribution in [2.45, 2.75) is 52.3 Å². The highest BCUT2D eigenvalue weighted by Gasteiger charge is 2.20.